The third-order valence-corrected chi connectivity index (χ3v) is 2.56. The molecule has 4 nitrogen and oxygen atoms in total. The molecule has 0 saturated carbocycles. The molecule has 1 aromatic heterocycles. The topological polar surface area (TPSA) is 49.8 Å². The van der Waals surface area contributed by atoms with Crippen LogP contribution in [0.15, 0.2) is 30.6 Å². The van der Waals surface area contributed by atoms with Gasteiger partial charge in [0.2, 0.25) is 0 Å². The lowest BCUT2D eigenvalue weighted by Crippen LogP contribution is -2.02. The Labute approximate surface area is 109 Å². The smallest absolute Gasteiger partial charge is 0.148 e. The Hall–Kier alpha value is -1.88. The molecule has 0 saturated heterocycles. The summed E-state index contributed by atoms with van der Waals surface area (Å²) in [6.07, 6.45) is 1.40. The minimum atomic E-state index is -0.425. The second kappa shape index (κ2) is 5.64. The highest BCUT2D eigenvalue weighted by molar-refractivity contribution is 6.33. The first-order valence-corrected chi connectivity index (χ1v) is 5.85. The molecular formula is C12H12ClFN4. The second-order valence-electron chi connectivity index (χ2n) is 3.54. The van der Waals surface area contributed by atoms with Crippen LogP contribution in [0.5, 0.6) is 0 Å². The molecule has 1 aromatic carbocycles. The van der Waals surface area contributed by atoms with Crippen LogP contribution in [0.3, 0.4) is 0 Å². The number of rotatable bonds is 4. The Morgan fingerprint density at radius 1 is 1.28 bits per heavy atom. The van der Waals surface area contributed by atoms with Gasteiger partial charge in [-0.1, -0.05) is 17.7 Å². The van der Waals surface area contributed by atoms with Crippen LogP contribution in [0.2, 0.25) is 5.02 Å². The molecule has 0 aliphatic heterocycles. The number of hydrogen-bond acceptors (Lipinski definition) is 4. The first-order chi connectivity index (χ1) is 8.70. The van der Waals surface area contributed by atoms with E-state index >= 15 is 0 Å². The summed E-state index contributed by atoms with van der Waals surface area (Å²) in [5.74, 6) is 0.724. The molecule has 0 aliphatic carbocycles. The Morgan fingerprint density at radius 3 is 2.78 bits per heavy atom. The number of aromatic nitrogens is 2. The van der Waals surface area contributed by atoms with E-state index in [2.05, 4.69) is 20.6 Å². The summed E-state index contributed by atoms with van der Waals surface area (Å²) in [5, 5.41) is 6.19. The number of benzene rings is 1. The lowest BCUT2D eigenvalue weighted by Gasteiger charge is -2.09. The summed E-state index contributed by atoms with van der Waals surface area (Å²) in [5.41, 5.74) is 0.209. The summed E-state index contributed by atoms with van der Waals surface area (Å²) >= 11 is 5.92. The van der Waals surface area contributed by atoms with Crippen molar-refractivity contribution in [3.8, 4) is 0 Å². The maximum Gasteiger partial charge on any atom is 0.148 e. The van der Waals surface area contributed by atoms with Gasteiger partial charge < -0.3 is 10.6 Å². The van der Waals surface area contributed by atoms with Gasteiger partial charge in [0.15, 0.2) is 0 Å². The zero-order valence-electron chi connectivity index (χ0n) is 9.74. The Bertz CT molecular complexity index is 527. The lowest BCUT2D eigenvalue weighted by atomic mass is 10.3. The largest absolute Gasteiger partial charge is 0.370 e. The number of anilines is 3. The van der Waals surface area contributed by atoms with Crippen molar-refractivity contribution in [2.45, 2.75) is 6.92 Å². The lowest BCUT2D eigenvalue weighted by molar-refractivity contribution is 0.632. The number of hydrogen-bond donors (Lipinski definition) is 2. The maximum absolute atomic E-state index is 13.6. The average molecular weight is 267 g/mol. The van der Waals surface area contributed by atoms with E-state index in [1.165, 1.54) is 12.4 Å². The standard InChI is InChI=1S/C12H12ClFN4/c1-2-15-10-6-11(17-7-16-10)18-12-8(13)4-3-5-9(12)14/h3-7H,2H2,1H3,(H2,15,16,17,18). The van der Waals surface area contributed by atoms with Crippen LogP contribution in [-0.4, -0.2) is 16.5 Å². The molecule has 94 valence electrons. The van der Waals surface area contributed by atoms with Gasteiger partial charge in [0, 0.05) is 12.6 Å². The van der Waals surface area contributed by atoms with Crippen molar-refractivity contribution >= 4 is 28.9 Å². The van der Waals surface area contributed by atoms with Crippen molar-refractivity contribution in [3.05, 3.63) is 41.4 Å². The van der Waals surface area contributed by atoms with Crippen LogP contribution in [0.25, 0.3) is 0 Å². The molecular weight excluding hydrogens is 255 g/mol. The van der Waals surface area contributed by atoms with Crippen LogP contribution in [0, 0.1) is 5.82 Å². The van der Waals surface area contributed by atoms with Gasteiger partial charge in [-0.2, -0.15) is 0 Å². The maximum atomic E-state index is 13.6. The van der Waals surface area contributed by atoms with E-state index in [1.807, 2.05) is 6.92 Å². The summed E-state index contributed by atoms with van der Waals surface area (Å²) in [4.78, 5) is 8.04. The Balaban J connectivity index is 2.26. The Kier molecular flexibility index (Phi) is 3.94. The van der Waals surface area contributed by atoms with Gasteiger partial charge in [0.1, 0.15) is 23.8 Å². The van der Waals surface area contributed by atoms with Gasteiger partial charge in [0.25, 0.3) is 0 Å². The quantitative estimate of drug-likeness (QED) is 0.890. The van der Waals surface area contributed by atoms with Gasteiger partial charge in [-0.05, 0) is 19.1 Å². The van der Waals surface area contributed by atoms with Crippen molar-refractivity contribution in [2.75, 3.05) is 17.2 Å². The van der Waals surface area contributed by atoms with Crippen LogP contribution in [0.4, 0.5) is 21.7 Å². The number of nitrogens with zero attached hydrogens (tertiary/aromatic N) is 2. The fourth-order valence-electron chi connectivity index (χ4n) is 1.45. The zero-order chi connectivity index (χ0) is 13.0. The van der Waals surface area contributed by atoms with Crippen LogP contribution in [0.1, 0.15) is 6.92 Å². The summed E-state index contributed by atoms with van der Waals surface area (Å²) < 4.78 is 13.6. The summed E-state index contributed by atoms with van der Waals surface area (Å²) in [6.45, 7) is 2.71. The van der Waals surface area contributed by atoms with E-state index < -0.39 is 5.82 Å². The molecule has 0 unspecified atom stereocenters. The first kappa shape index (κ1) is 12.6. The summed E-state index contributed by atoms with van der Waals surface area (Å²) in [6, 6.07) is 6.18. The molecule has 2 rings (SSSR count). The first-order valence-electron chi connectivity index (χ1n) is 5.47. The highest BCUT2D eigenvalue weighted by atomic mass is 35.5. The fraction of sp³-hybridized carbons (Fsp3) is 0.167. The van der Waals surface area contributed by atoms with Crippen LogP contribution in [-0.2, 0) is 0 Å². The highest BCUT2D eigenvalue weighted by Gasteiger charge is 2.07. The van der Waals surface area contributed by atoms with Gasteiger partial charge >= 0.3 is 0 Å². The fourth-order valence-corrected chi connectivity index (χ4v) is 1.66. The number of nitrogens with one attached hydrogen (secondary N) is 2. The minimum Gasteiger partial charge on any atom is -0.370 e. The van der Waals surface area contributed by atoms with E-state index in [4.69, 9.17) is 11.6 Å². The van der Waals surface area contributed by atoms with E-state index in [-0.39, 0.29) is 5.69 Å². The monoisotopic (exact) mass is 266 g/mol. The van der Waals surface area contributed by atoms with Crippen LogP contribution >= 0.6 is 11.6 Å². The van der Waals surface area contributed by atoms with Crippen molar-refractivity contribution < 1.29 is 4.39 Å². The molecule has 2 N–H and O–H groups in total. The van der Waals surface area contributed by atoms with Crippen molar-refractivity contribution in [1.82, 2.24) is 9.97 Å². The van der Waals surface area contributed by atoms with Gasteiger partial charge in [-0.25, -0.2) is 14.4 Å². The zero-order valence-corrected chi connectivity index (χ0v) is 10.5. The average Bonchev–Trinajstić information content (AvgIpc) is 2.35. The molecule has 0 amide bonds. The molecule has 18 heavy (non-hydrogen) atoms. The SMILES string of the molecule is CCNc1cc(Nc2c(F)cccc2Cl)ncn1. The molecule has 0 fully saturated rings. The predicted molar refractivity (Wildman–Crippen MR) is 70.9 cm³/mol. The van der Waals surface area contributed by atoms with Crippen molar-refractivity contribution in [3.63, 3.8) is 0 Å². The normalized spacial score (nSPS) is 10.2. The second-order valence-corrected chi connectivity index (χ2v) is 3.95. The number of halogens is 2. The predicted octanol–water partition coefficient (Wildman–Crippen LogP) is 3.44. The third kappa shape index (κ3) is 2.87. The van der Waals surface area contributed by atoms with E-state index in [9.17, 15) is 4.39 Å². The highest BCUT2D eigenvalue weighted by Crippen LogP contribution is 2.27. The van der Waals surface area contributed by atoms with Gasteiger partial charge in [-0.3, -0.25) is 0 Å². The molecule has 1 heterocycles. The molecule has 0 radical (unpaired) electrons. The molecule has 0 aliphatic rings. The molecule has 6 heteroatoms. The van der Waals surface area contributed by atoms with E-state index in [1.54, 1.807) is 18.2 Å². The van der Waals surface area contributed by atoms with Crippen molar-refractivity contribution in [1.29, 1.82) is 0 Å². The van der Waals surface area contributed by atoms with Crippen LogP contribution < -0.4 is 10.6 Å². The van der Waals surface area contributed by atoms with Gasteiger partial charge in [0.05, 0.1) is 10.7 Å². The third-order valence-electron chi connectivity index (χ3n) is 2.24. The van der Waals surface area contributed by atoms with E-state index in [0.717, 1.165) is 6.54 Å². The molecule has 0 bridgehead atoms. The molecule has 0 spiro atoms. The van der Waals surface area contributed by atoms with Crippen molar-refractivity contribution in [2.24, 2.45) is 0 Å². The number of para-hydroxylation sites is 1. The summed E-state index contributed by atoms with van der Waals surface area (Å²) in [7, 11) is 0. The molecule has 0 atom stereocenters. The Morgan fingerprint density at radius 2 is 2.06 bits per heavy atom. The van der Waals surface area contributed by atoms with Gasteiger partial charge in [-0.15, -0.1) is 0 Å². The molecule has 2 aromatic rings. The minimum absolute atomic E-state index is 0.209. The van der Waals surface area contributed by atoms with E-state index in [0.29, 0.717) is 16.7 Å².